The monoisotopic (exact) mass is 605 g/mol. The molecule has 15 nitrogen and oxygen atoms in total. The van der Waals surface area contributed by atoms with Gasteiger partial charge in [-0.25, -0.2) is 9.78 Å². The van der Waals surface area contributed by atoms with Crippen molar-refractivity contribution in [3.05, 3.63) is 91.3 Å². The summed E-state index contributed by atoms with van der Waals surface area (Å²) in [5.74, 6) is -1.06. The summed E-state index contributed by atoms with van der Waals surface area (Å²) < 4.78 is 70.8. The summed E-state index contributed by atoms with van der Waals surface area (Å²) in [7, 11) is -10.4. The first-order chi connectivity index (χ1) is 18.7. The number of benzene rings is 3. The standard InChI is InChI=1S/C22H11N3O12S3/c26-22-13(21-23-14-3-1-2-4-18(14)38-21)7-11-8-20(39(31,32)33)17(10-16(11)36-22)37-40(34,35)19-6-5-12(24(27)28)9-15(19)25(29)30/h1-10H,(H,31,32,33). The molecule has 0 aliphatic carbocycles. The molecule has 0 aliphatic rings. The second kappa shape index (κ2) is 9.45. The van der Waals surface area contributed by atoms with E-state index in [1.54, 1.807) is 24.3 Å². The van der Waals surface area contributed by atoms with Crippen LogP contribution in [0.2, 0.25) is 0 Å². The third-order valence-corrected chi connectivity index (χ3v) is 8.65. The third-order valence-electron chi connectivity index (χ3n) is 5.42. The first-order valence-electron chi connectivity index (χ1n) is 10.6. The molecule has 0 spiro atoms. The maximum atomic E-state index is 12.9. The van der Waals surface area contributed by atoms with Crippen LogP contribution in [0.4, 0.5) is 11.4 Å². The van der Waals surface area contributed by atoms with Crippen LogP contribution in [0.25, 0.3) is 31.8 Å². The number of thiazole rings is 1. The van der Waals surface area contributed by atoms with Gasteiger partial charge in [-0.2, -0.15) is 16.8 Å². The maximum absolute atomic E-state index is 12.9. The lowest BCUT2D eigenvalue weighted by atomic mass is 10.2. The summed E-state index contributed by atoms with van der Waals surface area (Å²) in [5, 5.41) is 22.6. The summed E-state index contributed by atoms with van der Waals surface area (Å²) in [5.41, 5.74) is -2.74. The lowest BCUT2D eigenvalue weighted by molar-refractivity contribution is -0.396. The molecule has 5 aromatic rings. The number of nitro groups is 2. The average molecular weight is 606 g/mol. The van der Waals surface area contributed by atoms with Gasteiger partial charge in [0.1, 0.15) is 15.5 Å². The third kappa shape index (κ3) is 4.86. The van der Waals surface area contributed by atoms with E-state index in [1.807, 2.05) is 0 Å². The molecule has 5 rings (SSSR count). The second-order valence-corrected chi connectivity index (χ2v) is 11.9. The number of non-ortho nitro benzene ring substituents is 1. The Morgan fingerprint density at radius 3 is 2.30 bits per heavy atom. The van der Waals surface area contributed by atoms with E-state index >= 15 is 0 Å². The summed E-state index contributed by atoms with van der Waals surface area (Å²) >= 11 is 1.16. The SMILES string of the molecule is O=c1oc2cc(OS(=O)(=O)c3ccc([N+](=O)[O-])cc3[N+](=O)[O-])c(S(=O)(=O)O)cc2cc1-c1nc2ccccc2s1. The van der Waals surface area contributed by atoms with Gasteiger partial charge in [-0.15, -0.1) is 11.3 Å². The molecule has 0 unspecified atom stereocenters. The predicted octanol–water partition coefficient (Wildman–Crippen LogP) is 3.90. The number of nitrogens with zero attached hydrogens (tertiary/aromatic N) is 3. The van der Waals surface area contributed by atoms with E-state index in [9.17, 15) is 46.4 Å². The van der Waals surface area contributed by atoms with Crippen molar-refractivity contribution < 1.29 is 39.8 Å². The summed E-state index contributed by atoms with van der Waals surface area (Å²) in [4.78, 5) is 35.1. The number of hydrogen-bond donors (Lipinski definition) is 1. The number of rotatable bonds is 7. The molecule has 18 heteroatoms. The van der Waals surface area contributed by atoms with Crippen molar-refractivity contribution in [1.82, 2.24) is 4.98 Å². The van der Waals surface area contributed by atoms with E-state index in [4.69, 9.17) is 8.60 Å². The Morgan fingerprint density at radius 2 is 1.65 bits per heavy atom. The highest BCUT2D eigenvalue weighted by Gasteiger charge is 2.32. The molecule has 2 heterocycles. The number of fused-ring (bicyclic) bond motifs is 2. The van der Waals surface area contributed by atoms with Gasteiger partial charge in [-0.1, -0.05) is 12.1 Å². The first-order valence-corrected chi connectivity index (χ1v) is 14.2. The molecule has 0 atom stereocenters. The Bertz CT molecular complexity index is 2140. The Balaban J connectivity index is 1.66. The number of aromatic nitrogens is 1. The highest BCUT2D eigenvalue weighted by Crippen LogP contribution is 2.36. The van der Waals surface area contributed by atoms with E-state index in [-0.39, 0.29) is 21.5 Å². The summed E-state index contributed by atoms with van der Waals surface area (Å²) in [6.07, 6.45) is 0. The molecule has 1 N–H and O–H groups in total. The highest BCUT2D eigenvalue weighted by atomic mass is 32.2. The van der Waals surface area contributed by atoms with Crippen molar-refractivity contribution in [3.8, 4) is 16.3 Å². The lowest BCUT2D eigenvalue weighted by Crippen LogP contribution is -2.14. The average Bonchev–Trinajstić information content (AvgIpc) is 3.30. The van der Waals surface area contributed by atoms with Gasteiger partial charge in [0.05, 0.1) is 31.7 Å². The van der Waals surface area contributed by atoms with Gasteiger partial charge < -0.3 is 8.60 Å². The summed E-state index contributed by atoms with van der Waals surface area (Å²) in [6.45, 7) is 0. The zero-order valence-corrected chi connectivity index (χ0v) is 21.7. The van der Waals surface area contributed by atoms with E-state index in [1.165, 1.54) is 6.07 Å². The van der Waals surface area contributed by atoms with Gasteiger partial charge >= 0.3 is 15.7 Å². The van der Waals surface area contributed by atoms with Crippen LogP contribution in [0, 0.1) is 20.2 Å². The van der Waals surface area contributed by atoms with Crippen molar-refractivity contribution >= 4 is 64.1 Å². The lowest BCUT2D eigenvalue weighted by Gasteiger charge is -2.11. The molecule has 3 aromatic carbocycles. The van der Waals surface area contributed by atoms with Crippen molar-refractivity contribution in [1.29, 1.82) is 0 Å². The molecule has 204 valence electrons. The fraction of sp³-hybridized carbons (Fsp3) is 0. The van der Waals surface area contributed by atoms with Crippen LogP contribution in [0.15, 0.2) is 79.7 Å². The minimum Gasteiger partial charge on any atom is -0.422 e. The second-order valence-electron chi connectivity index (χ2n) is 7.95. The van der Waals surface area contributed by atoms with Crippen molar-refractivity contribution in [2.24, 2.45) is 0 Å². The molecular formula is C22H11N3O12S3. The van der Waals surface area contributed by atoms with Gasteiger partial charge in [0.2, 0.25) is 0 Å². The molecule has 0 radical (unpaired) electrons. The molecule has 0 fully saturated rings. The van der Waals surface area contributed by atoms with Gasteiger partial charge in [0.15, 0.2) is 10.6 Å². The zero-order chi connectivity index (χ0) is 29.0. The maximum Gasteiger partial charge on any atom is 0.346 e. The summed E-state index contributed by atoms with van der Waals surface area (Å²) in [6, 6.07) is 11.3. The van der Waals surface area contributed by atoms with E-state index in [2.05, 4.69) is 4.98 Å². The first kappa shape index (κ1) is 26.8. The van der Waals surface area contributed by atoms with Crippen LogP contribution in [0.1, 0.15) is 0 Å². The van der Waals surface area contributed by atoms with E-state index in [0.29, 0.717) is 29.8 Å². The molecule has 0 aliphatic heterocycles. The number of para-hydroxylation sites is 1. The topological polar surface area (TPSA) is 227 Å². The van der Waals surface area contributed by atoms with Gasteiger partial charge in [0.25, 0.3) is 21.5 Å². The highest BCUT2D eigenvalue weighted by molar-refractivity contribution is 7.87. The van der Waals surface area contributed by atoms with Gasteiger partial charge in [0, 0.05) is 17.5 Å². The Hall–Kier alpha value is -4.78. The predicted molar refractivity (Wildman–Crippen MR) is 138 cm³/mol. The molecule has 0 saturated heterocycles. The van der Waals surface area contributed by atoms with Crippen molar-refractivity contribution in [2.75, 3.05) is 0 Å². The minimum absolute atomic E-state index is 0.0437. The van der Waals surface area contributed by atoms with Crippen LogP contribution in [0.3, 0.4) is 0 Å². The number of nitro benzene ring substituents is 2. The molecular weight excluding hydrogens is 594 g/mol. The molecule has 40 heavy (non-hydrogen) atoms. The molecule has 0 saturated carbocycles. The Kier molecular flexibility index (Phi) is 6.33. The van der Waals surface area contributed by atoms with Crippen LogP contribution in [-0.2, 0) is 20.2 Å². The molecule has 0 bridgehead atoms. The van der Waals surface area contributed by atoms with Gasteiger partial charge in [-0.05, 0) is 30.3 Å². The fourth-order valence-electron chi connectivity index (χ4n) is 3.67. The number of hydrogen-bond acceptors (Lipinski definition) is 13. The van der Waals surface area contributed by atoms with E-state index in [0.717, 1.165) is 22.1 Å². The van der Waals surface area contributed by atoms with Crippen molar-refractivity contribution in [3.63, 3.8) is 0 Å². The molecule has 0 amide bonds. The van der Waals surface area contributed by atoms with Crippen LogP contribution in [0.5, 0.6) is 5.75 Å². The van der Waals surface area contributed by atoms with Crippen LogP contribution >= 0.6 is 11.3 Å². The fourth-order valence-corrected chi connectivity index (χ4v) is 6.41. The quantitative estimate of drug-likeness (QED) is 0.0913. The Labute approximate surface area is 226 Å². The van der Waals surface area contributed by atoms with Crippen LogP contribution in [-0.4, -0.2) is 36.2 Å². The zero-order valence-electron chi connectivity index (χ0n) is 19.3. The van der Waals surface area contributed by atoms with Crippen molar-refractivity contribution in [2.45, 2.75) is 9.79 Å². The van der Waals surface area contributed by atoms with Gasteiger partial charge in [-0.3, -0.25) is 24.8 Å². The molecule has 2 aromatic heterocycles. The largest absolute Gasteiger partial charge is 0.422 e. The normalized spacial score (nSPS) is 12.0. The Morgan fingerprint density at radius 1 is 0.925 bits per heavy atom. The van der Waals surface area contributed by atoms with E-state index < -0.39 is 62.6 Å². The minimum atomic E-state index is -5.23. The smallest absolute Gasteiger partial charge is 0.346 e. The van der Waals surface area contributed by atoms with Crippen LogP contribution < -0.4 is 9.81 Å².